The molecule has 1 heterocycles. The molecule has 0 spiro atoms. The summed E-state index contributed by atoms with van der Waals surface area (Å²) in [7, 11) is 0. The normalized spacial score (nSPS) is 25.4. The Balaban J connectivity index is 2.00. The van der Waals surface area contributed by atoms with E-state index in [-0.39, 0.29) is 0 Å². The van der Waals surface area contributed by atoms with Crippen LogP contribution in [0.5, 0.6) is 5.88 Å². The Labute approximate surface area is 97.0 Å². The van der Waals surface area contributed by atoms with Gasteiger partial charge in [0.25, 0.3) is 0 Å². The highest BCUT2D eigenvalue weighted by atomic mass is 16.5. The lowest BCUT2D eigenvalue weighted by molar-refractivity contribution is 0.124. The molecule has 2 unspecified atom stereocenters. The van der Waals surface area contributed by atoms with Crippen LogP contribution in [0.25, 0.3) is 0 Å². The summed E-state index contributed by atoms with van der Waals surface area (Å²) >= 11 is 0. The van der Waals surface area contributed by atoms with E-state index in [4.69, 9.17) is 10.5 Å². The third kappa shape index (κ3) is 2.65. The van der Waals surface area contributed by atoms with Crippen molar-refractivity contribution in [2.24, 2.45) is 5.92 Å². The number of hydrogen-bond donors (Lipinski definition) is 1. The number of aromatic nitrogens is 1. The molecule has 1 fully saturated rings. The van der Waals surface area contributed by atoms with Gasteiger partial charge in [-0.25, -0.2) is 4.98 Å². The van der Waals surface area contributed by atoms with Crippen LogP contribution in [0.3, 0.4) is 0 Å². The lowest BCUT2D eigenvalue weighted by Gasteiger charge is -2.27. The van der Waals surface area contributed by atoms with Crippen LogP contribution in [0.1, 0.15) is 38.2 Å². The second-order valence-corrected chi connectivity index (χ2v) is 4.89. The minimum atomic E-state index is 0.333. The van der Waals surface area contributed by atoms with Crippen LogP contribution in [-0.4, -0.2) is 11.1 Å². The molecule has 0 aromatic carbocycles. The predicted molar refractivity (Wildman–Crippen MR) is 65.4 cm³/mol. The number of ether oxygens (including phenoxy) is 1. The maximum absolute atomic E-state index is 5.89. The molecule has 0 aliphatic heterocycles. The van der Waals surface area contributed by atoms with Gasteiger partial charge in [-0.15, -0.1) is 0 Å². The summed E-state index contributed by atoms with van der Waals surface area (Å²) in [6.07, 6.45) is 6.89. The van der Waals surface area contributed by atoms with Crippen LogP contribution >= 0.6 is 0 Å². The predicted octanol–water partition coefficient (Wildman–Crippen LogP) is 2.93. The largest absolute Gasteiger partial charge is 0.474 e. The monoisotopic (exact) mass is 220 g/mol. The third-order valence-corrected chi connectivity index (χ3v) is 3.30. The topological polar surface area (TPSA) is 48.1 Å². The van der Waals surface area contributed by atoms with E-state index in [9.17, 15) is 0 Å². The number of aryl methyl sites for hydroxylation is 1. The van der Waals surface area contributed by atoms with Crippen molar-refractivity contribution in [2.45, 2.75) is 45.6 Å². The second kappa shape index (κ2) is 4.73. The van der Waals surface area contributed by atoms with Gasteiger partial charge in [0.2, 0.25) is 5.88 Å². The van der Waals surface area contributed by atoms with E-state index in [1.165, 1.54) is 12.8 Å². The van der Waals surface area contributed by atoms with E-state index < -0.39 is 0 Å². The summed E-state index contributed by atoms with van der Waals surface area (Å²) in [4.78, 5) is 4.21. The average Bonchev–Trinajstić information content (AvgIpc) is 2.24. The summed E-state index contributed by atoms with van der Waals surface area (Å²) in [5.41, 5.74) is 7.49. The summed E-state index contributed by atoms with van der Waals surface area (Å²) in [5, 5.41) is 0. The highest BCUT2D eigenvalue weighted by Crippen LogP contribution is 2.27. The van der Waals surface area contributed by atoms with Gasteiger partial charge in [-0.05, 0) is 37.7 Å². The lowest BCUT2D eigenvalue weighted by atomic mass is 9.89. The van der Waals surface area contributed by atoms with Crippen LogP contribution in [0.15, 0.2) is 12.3 Å². The van der Waals surface area contributed by atoms with Crippen molar-refractivity contribution < 1.29 is 4.74 Å². The number of nitrogens with two attached hydrogens (primary N) is 1. The molecule has 0 amide bonds. The van der Waals surface area contributed by atoms with Gasteiger partial charge >= 0.3 is 0 Å². The number of anilines is 1. The van der Waals surface area contributed by atoms with E-state index in [0.29, 0.717) is 12.0 Å². The van der Waals surface area contributed by atoms with E-state index in [2.05, 4.69) is 11.9 Å². The first-order valence-electron chi connectivity index (χ1n) is 6.04. The van der Waals surface area contributed by atoms with Crippen molar-refractivity contribution in [3.63, 3.8) is 0 Å². The molecule has 3 nitrogen and oxygen atoms in total. The molecular formula is C13H20N2O. The van der Waals surface area contributed by atoms with Crippen LogP contribution in [0.2, 0.25) is 0 Å². The zero-order valence-corrected chi connectivity index (χ0v) is 10.1. The van der Waals surface area contributed by atoms with Crippen LogP contribution in [0, 0.1) is 12.8 Å². The Bertz CT molecular complexity index is 365. The van der Waals surface area contributed by atoms with Gasteiger partial charge in [-0.1, -0.05) is 13.3 Å². The van der Waals surface area contributed by atoms with E-state index in [1.54, 1.807) is 6.20 Å². The third-order valence-electron chi connectivity index (χ3n) is 3.30. The summed E-state index contributed by atoms with van der Waals surface area (Å²) in [5.74, 6) is 1.49. The van der Waals surface area contributed by atoms with Gasteiger partial charge in [0.05, 0.1) is 11.9 Å². The zero-order chi connectivity index (χ0) is 11.5. The van der Waals surface area contributed by atoms with Gasteiger partial charge in [0.15, 0.2) is 0 Å². The first-order valence-corrected chi connectivity index (χ1v) is 6.04. The van der Waals surface area contributed by atoms with E-state index in [1.807, 2.05) is 13.0 Å². The molecule has 2 atom stereocenters. The van der Waals surface area contributed by atoms with Crippen molar-refractivity contribution in [2.75, 3.05) is 5.73 Å². The van der Waals surface area contributed by atoms with Crippen molar-refractivity contribution >= 4 is 5.69 Å². The van der Waals surface area contributed by atoms with Crippen molar-refractivity contribution in [1.29, 1.82) is 0 Å². The molecule has 88 valence electrons. The number of rotatable bonds is 2. The fraction of sp³-hybridized carbons (Fsp3) is 0.615. The highest BCUT2D eigenvalue weighted by Gasteiger charge is 2.20. The van der Waals surface area contributed by atoms with Crippen LogP contribution in [0.4, 0.5) is 5.69 Å². The number of nitrogens with zero attached hydrogens (tertiary/aromatic N) is 1. The van der Waals surface area contributed by atoms with E-state index >= 15 is 0 Å². The molecule has 1 aliphatic rings. The Morgan fingerprint density at radius 3 is 2.94 bits per heavy atom. The molecule has 0 saturated heterocycles. The quantitative estimate of drug-likeness (QED) is 0.833. The average molecular weight is 220 g/mol. The van der Waals surface area contributed by atoms with E-state index in [0.717, 1.165) is 30.0 Å². The minimum absolute atomic E-state index is 0.333. The maximum Gasteiger partial charge on any atom is 0.213 e. The summed E-state index contributed by atoms with van der Waals surface area (Å²) in [6, 6.07) is 1.93. The molecule has 1 aliphatic carbocycles. The molecule has 0 bridgehead atoms. The van der Waals surface area contributed by atoms with Gasteiger partial charge < -0.3 is 10.5 Å². The van der Waals surface area contributed by atoms with Crippen LogP contribution < -0.4 is 10.5 Å². The molecular weight excluding hydrogens is 200 g/mol. The lowest BCUT2D eigenvalue weighted by Crippen LogP contribution is -2.24. The SMILES string of the molecule is Cc1cc(OC2CCCC(C)C2)ncc1N. The highest BCUT2D eigenvalue weighted by molar-refractivity contribution is 5.45. The van der Waals surface area contributed by atoms with Gasteiger partial charge in [0.1, 0.15) is 6.10 Å². The number of pyridine rings is 1. The molecule has 1 saturated carbocycles. The van der Waals surface area contributed by atoms with Crippen molar-refractivity contribution in [3.8, 4) is 5.88 Å². The Morgan fingerprint density at radius 1 is 1.44 bits per heavy atom. The maximum atomic E-state index is 5.89. The Morgan fingerprint density at radius 2 is 2.25 bits per heavy atom. The summed E-state index contributed by atoms with van der Waals surface area (Å²) in [6.45, 7) is 4.27. The van der Waals surface area contributed by atoms with Crippen LogP contribution in [-0.2, 0) is 0 Å². The molecule has 2 rings (SSSR count). The number of nitrogen functional groups attached to an aromatic ring is 1. The molecule has 16 heavy (non-hydrogen) atoms. The second-order valence-electron chi connectivity index (χ2n) is 4.89. The molecule has 3 heteroatoms. The fourth-order valence-electron chi connectivity index (χ4n) is 2.26. The molecule has 1 aromatic rings. The molecule has 2 N–H and O–H groups in total. The first kappa shape index (κ1) is 11.2. The Hall–Kier alpha value is -1.25. The smallest absolute Gasteiger partial charge is 0.213 e. The van der Waals surface area contributed by atoms with Crippen molar-refractivity contribution in [1.82, 2.24) is 4.98 Å². The van der Waals surface area contributed by atoms with Gasteiger partial charge in [0, 0.05) is 6.07 Å². The standard InChI is InChI=1S/C13H20N2O/c1-9-4-3-5-11(6-9)16-13-7-10(2)12(14)8-15-13/h7-9,11H,3-6,14H2,1-2H3. The first-order chi connectivity index (χ1) is 7.65. The van der Waals surface area contributed by atoms with Gasteiger partial charge in [-0.2, -0.15) is 0 Å². The van der Waals surface area contributed by atoms with Gasteiger partial charge in [-0.3, -0.25) is 0 Å². The number of hydrogen-bond acceptors (Lipinski definition) is 3. The van der Waals surface area contributed by atoms with Crippen molar-refractivity contribution in [3.05, 3.63) is 17.8 Å². The fourth-order valence-corrected chi connectivity index (χ4v) is 2.26. The Kier molecular flexibility index (Phi) is 3.32. The summed E-state index contributed by atoms with van der Waals surface area (Å²) < 4.78 is 5.89. The zero-order valence-electron chi connectivity index (χ0n) is 10.1. The molecule has 0 radical (unpaired) electrons. The molecule has 1 aromatic heterocycles. The minimum Gasteiger partial charge on any atom is -0.474 e.